The van der Waals surface area contributed by atoms with E-state index in [-0.39, 0.29) is 0 Å². The van der Waals surface area contributed by atoms with Gasteiger partial charge in [-0.2, -0.15) is 5.10 Å². The third-order valence-corrected chi connectivity index (χ3v) is 4.49. The molecule has 7 nitrogen and oxygen atoms in total. The van der Waals surface area contributed by atoms with E-state index in [4.69, 9.17) is 0 Å². The quantitative estimate of drug-likeness (QED) is 0.760. The predicted octanol–water partition coefficient (Wildman–Crippen LogP) is 2.86. The molecule has 0 unspecified atom stereocenters. The molecule has 1 fully saturated rings. The molecule has 1 aliphatic rings. The second-order valence-electron chi connectivity index (χ2n) is 6.46. The van der Waals surface area contributed by atoms with Crippen LogP contribution < -0.4 is 10.2 Å². The monoisotopic (exact) mass is 347 g/mol. The van der Waals surface area contributed by atoms with Gasteiger partial charge < -0.3 is 10.2 Å². The SMILES string of the molecule is c1ccc(Nc2ccc(C[C@H]3CCCN(c4ncccn4)C3)nn2)nc1. The largest absolute Gasteiger partial charge is 0.341 e. The molecule has 0 spiro atoms. The van der Waals surface area contributed by atoms with Crippen molar-refractivity contribution in [1.82, 2.24) is 25.1 Å². The van der Waals surface area contributed by atoms with Gasteiger partial charge in [0.25, 0.3) is 0 Å². The van der Waals surface area contributed by atoms with Crippen LogP contribution >= 0.6 is 0 Å². The maximum Gasteiger partial charge on any atom is 0.225 e. The lowest BCUT2D eigenvalue weighted by atomic mass is 9.93. The summed E-state index contributed by atoms with van der Waals surface area (Å²) in [7, 11) is 0. The molecule has 3 aromatic heterocycles. The second kappa shape index (κ2) is 7.86. The van der Waals surface area contributed by atoms with Crippen molar-refractivity contribution in [2.75, 3.05) is 23.3 Å². The summed E-state index contributed by atoms with van der Waals surface area (Å²) < 4.78 is 0. The minimum absolute atomic E-state index is 0.538. The summed E-state index contributed by atoms with van der Waals surface area (Å²) in [5.74, 6) is 2.82. The second-order valence-corrected chi connectivity index (χ2v) is 6.46. The summed E-state index contributed by atoms with van der Waals surface area (Å²) in [5.41, 5.74) is 1.01. The topological polar surface area (TPSA) is 79.7 Å². The Morgan fingerprint density at radius 3 is 2.58 bits per heavy atom. The number of hydrogen-bond donors (Lipinski definition) is 1. The number of nitrogens with zero attached hydrogens (tertiary/aromatic N) is 6. The molecule has 7 heteroatoms. The van der Waals surface area contributed by atoms with E-state index >= 15 is 0 Å². The number of hydrogen-bond acceptors (Lipinski definition) is 7. The van der Waals surface area contributed by atoms with Gasteiger partial charge in [0.2, 0.25) is 5.95 Å². The van der Waals surface area contributed by atoms with Gasteiger partial charge in [-0.3, -0.25) is 0 Å². The first-order valence-corrected chi connectivity index (χ1v) is 8.89. The third kappa shape index (κ3) is 4.11. The average Bonchev–Trinajstić information content (AvgIpc) is 2.71. The zero-order valence-corrected chi connectivity index (χ0v) is 14.5. The maximum atomic E-state index is 4.38. The minimum atomic E-state index is 0.538. The van der Waals surface area contributed by atoms with E-state index in [0.29, 0.717) is 11.7 Å². The minimum Gasteiger partial charge on any atom is -0.341 e. The lowest BCUT2D eigenvalue weighted by Gasteiger charge is -2.32. The predicted molar refractivity (Wildman–Crippen MR) is 100 cm³/mol. The zero-order valence-electron chi connectivity index (χ0n) is 14.5. The molecule has 0 saturated carbocycles. The number of pyridine rings is 1. The van der Waals surface area contributed by atoms with Gasteiger partial charge in [-0.15, -0.1) is 5.10 Å². The van der Waals surface area contributed by atoms with Crippen LogP contribution in [0.15, 0.2) is 55.0 Å². The summed E-state index contributed by atoms with van der Waals surface area (Å²) >= 11 is 0. The normalized spacial score (nSPS) is 17.1. The molecule has 3 aromatic rings. The Hall–Kier alpha value is -3.09. The van der Waals surface area contributed by atoms with Crippen LogP contribution in [0, 0.1) is 5.92 Å². The molecule has 0 bridgehead atoms. The lowest BCUT2D eigenvalue weighted by molar-refractivity contribution is 0.405. The lowest BCUT2D eigenvalue weighted by Crippen LogP contribution is -2.37. The Kier molecular flexibility index (Phi) is 4.95. The molecule has 1 saturated heterocycles. The summed E-state index contributed by atoms with van der Waals surface area (Å²) in [6, 6.07) is 11.6. The fourth-order valence-electron chi connectivity index (χ4n) is 3.27. The summed E-state index contributed by atoms with van der Waals surface area (Å²) in [5, 5.41) is 11.8. The Morgan fingerprint density at radius 2 is 1.81 bits per heavy atom. The van der Waals surface area contributed by atoms with Crippen molar-refractivity contribution >= 4 is 17.6 Å². The van der Waals surface area contributed by atoms with Crippen molar-refractivity contribution in [3.05, 3.63) is 60.7 Å². The molecule has 1 aliphatic heterocycles. The van der Waals surface area contributed by atoms with Gasteiger partial charge in [0.05, 0.1) is 5.69 Å². The highest BCUT2D eigenvalue weighted by molar-refractivity contribution is 5.50. The first-order valence-electron chi connectivity index (χ1n) is 8.89. The van der Waals surface area contributed by atoms with Crippen LogP contribution in [0.25, 0.3) is 0 Å². The molecule has 26 heavy (non-hydrogen) atoms. The van der Waals surface area contributed by atoms with Crippen LogP contribution in [0.2, 0.25) is 0 Å². The van der Waals surface area contributed by atoms with Gasteiger partial charge in [-0.05, 0) is 55.5 Å². The number of aromatic nitrogens is 5. The number of rotatable bonds is 5. The molecular formula is C19H21N7. The summed E-state index contributed by atoms with van der Waals surface area (Å²) in [6.07, 6.45) is 8.60. The van der Waals surface area contributed by atoms with Gasteiger partial charge >= 0.3 is 0 Å². The molecular weight excluding hydrogens is 326 g/mol. The fraction of sp³-hybridized carbons (Fsp3) is 0.316. The van der Waals surface area contributed by atoms with Gasteiger partial charge in [0.15, 0.2) is 5.82 Å². The van der Waals surface area contributed by atoms with Gasteiger partial charge in [-0.1, -0.05) is 6.07 Å². The van der Waals surface area contributed by atoms with Crippen molar-refractivity contribution in [3.63, 3.8) is 0 Å². The molecule has 4 heterocycles. The first kappa shape index (κ1) is 16.4. The number of nitrogens with one attached hydrogen (secondary N) is 1. The fourth-order valence-corrected chi connectivity index (χ4v) is 3.27. The van der Waals surface area contributed by atoms with Crippen LogP contribution in [-0.4, -0.2) is 38.2 Å². The van der Waals surface area contributed by atoms with Crippen LogP contribution in [-0.2, 0) is 6.42 Å². The van der Waals surface area contributed by atoms with E-state index in [0.717, 1.165) is 43.4 Å². The van der Waals surface area contributed by atoms with E-state index in [9.17, 15) is 0 Å². The standard InChI is InChI=1S/C19H21N7/c1-2-9-20-17(6-1)23-18-8-7-16(24-25-18)13-15-5-3-12-26(14-15)19-21-10-4-11-22-19/h1-2,4,6-11,15H,3,5,12-14H2,(H,20,23,25)/t15-/m1/s1. The number of piperidine rings is 1. The molecule has 0 radical (unpaired) electrons. The molecule has 0 aliphatic carbocycles. The molecule has 1 N–H and O–H groups in total. The van der Waals surface area contributed by atoms with Crippen molar-refractivity contribution in [2.24, 2.45) is 5.92 Å². The van der Waals surface area contributed by atoms with Crippen molar-refractivity contribution in [1.29, 1.82) is 0 Å². The first-order chi connectivity index (χ1) is 12.9. The van der Waals surface area contributed by atoms with Crippen molar-refractivity contribution in [2.45, 2.75) is 19.3 Å². The molecule has 132 valence electrons. The molecule has 4 rings (SSSR count). The highest BCUT2D eigenvalue weighted by Gasteiger charge is 2.22. The Labute approximate surface area is 152 Å². The zero-order chi connectivity index (χ0) is 17.6. The van der Waals surface area contributed by atoms with Crippen LogP contribution in [0.4, 0.5) is 17.6 Å². The Balaban J connectivity index is 1.36. The summed E-state index contributed by atoms with van der Waals surface area (Å²) in [4.78, 5) is 15.2. The van der Waals surface area contributed by atoms with E-state index in [2.05, 4.69) is 35.4 Å². The van der Waals surface area contributed by atoms with Gasteiger partial charge in [0.1, 0.15) is 5.82 Å². The number of anilines is 3. The molecule has 0 amide bonds. The smallest absolute Gasteiger partial charge is 0.225 e. The third-order valence-electron chi connectivity index (χ3n) is 4.49. The van der Waals surface area contributed by atoms with Crippen LogP contribution in [0.5, 0.6) is 0 Å². The highest BCUT2D eigenvalue weighted by atomic mass is 15.3. The Bertz CT molecular complexity index is 808. The van der Waals surface area contributed by atoms with E-state index in [1.807, 2.05) is 36.4 Å². The maximum absolute atomic E-state index is 4.38. The van der Waals surface area contributed by atoms with Crippen molar-refractivity contribution < 1.29 is 0 Å². The van der Waals surface area contributed by atoms with Gasteiger partial charge in [-0.25, -0.2) is 15.0 Å². The van der Waals surface area contributed by atoms with Gasteiger partial charge in [0, 0.05) is 31.7 Å². The Morgan fingerprint density at radius 1 is 0.923 bits per heavy atom. The molecule has 0 aromatic carbocycles. The van der Waals surface area contributed by atoms with Crippen molar-refractivity contribution in [3.8, 4) is 0 Å². The average molecular weight is 347 g/mol. The highest BCUT2D eigenvalue weighted by Crippen LogP contribution is 2.23. The van der Waals surface area contributed by atoms with Crippen LogP contribution in [0.1, 0.15) is 18.5 Å². The van der Waals surface area contributed by atoms with E-state index in [1.54, 1.807) is 18.6 Å². The van der Waals surface area contributed by atoms with E-state index in [1.165, 1.54) is 6.42 Å². The summed E-state index contributed by atoms with van der Waals surface area (Å²) in [6.45, 7) is 1.97. The van der Waals surface area contributed by atoms with E-state index < -0.39 is 0 Å². The molecule has 1 atom stereocenters. The van der Waals surface area contributed by atoms with Crippen LogP contribution in [0.3, 0.4) is 0 Å².